The van der Waals surface area contributed by atoms with Crippen LogP contribution in [0, 0.1) is 4.91 Å². The molecule has 1 aromatic rings. The lowest BCUT2D eigenvalue weighted by Gasteiger charge is -2.06. The Morgan fingerprint density at radius 3 is 2.43 bits per heavy atom. The van der Waals surface area contributed by atoms with E-state index in [-0.39, 0.29) is 5.78 Å². The van der Waals surface area contributed by atoms with Gasteiger partial charge in [-0.3, -0.25) is 4.79 Å². The van der Waals surface area contributed by atoms with Gasteiger partial charge in [0.2, 0.25) is 0 Å². The molecule has 1 rings (SSSR count). The van der Waals surface area contributed by atoms with Gasteiger partial charge >= 0.3 is 0 Å². The fourth-order valence-corrected chi connectivity index (χ4v) is 1.36. The van der Waals surface area contributed by atoms with E-state index in [9.17, 15) is 9.70 Å². The highest BCUT2D eigenvalue weighted by atomic mass is 35.5. The van der Waals surface area contributed by atoms with Crippen molar-refractivity contribution in [2.45, 2.75) is 13.0 Å². The summed E-state index contributed by atoms with van der Waals surface area (Å²) in [4.78, 5) is 21.4. The van der Waals surface area contributed by atoms with Crippen LogP contribution in [0.25, 0.3) is 0 Å². The SMILES string of the molecule is CC(=O)C(N=O)c1ccc(Cl)c(Cl)c1. The molecule has 0 saturated carbocycles. The second-order valence-corrected chi connectivity index (χ2v) is 3.61. The van der Waals surface area contributed by atoms with Crippen molar-refractivity contribution in [2.24, 2.45) is 5.18 Å². The summed E-state index contributed by atoms with van der Waals surface area (Å²) in [5.74, 6) is -0.321. The van der Waals surface area contributed by atoms with Gasteiger partial charge in [0.15, 0.2) is 11.8 Å². The third-order valence-corrected chi connectivity index (χ3v) is 2.49. The predicted octanol–water partition coefficient (Wildman–Crippen LogP) is 3.39. The van der Waals surface area contributed by atoms with E-state index in [0.29, 0.717) is 15.6 Å². The highest BCUT2D eigenvalue weighted by Gasteiger charge is 2.17. The Morgan fingerprint density at radius 1 is 1.36 bits per heavy atom. The quantitative estimate of drug-likeness (QED) is 0.749. The zero-order valence-corrected chi connectivity index (χ0v) is 8.84. The zero-order valence-electron chi connectivity index (χ0n) is 7.33. The molecule has 0 N–H and O–H groups in total. The first-order valence-electron chi connectivity index (χ1n) is 3.84. The number of nitrogens with zero attached hydrogens (tertiary/aromatic N) is 1. The molecule has 0 radical (unpaired) electrons. The van der Waals surface area contributed by atoms with Gasteiger partial charge in [-0.05, 0) is 24.6 Å². The molecule has 0 fully saturated rings. The van der Waals surface area contributed by atoms with Gasteiger partial charge in [0.05, 0.1) is 10.0 Å². The summed E-state index contributed by atoms with van der Waals surface area (Å²) in [6.07, 6.45) is 0. The molecule has 0 saturated heterocycles. The Morgan fingerprint density at radius 2 is 2.00 bits per heavy atom. The van der Waals surface area contributed by atoms with Crippen molar-refractivity contribution in [3.63, 3.8) is 0 Å². The maximum atomic E-state index is 11.0. The van der Waals surface area contributed by atoms with Crippen LogP contribution in [0.3, 0.4) is 0 Å². The highest BCUT2D eigenvalue weighted by Crippen LogP contribution is 2.27. The molecule has 0 amide bonds. The van der Waals surface area contributed by atoms with Crippen molar-refractivity contribution in [3.05, 3.63) is 38.7 Å². The Balaban J connectivity index is 3.12. The molecule has 0 bridgehead atoms. The number of rotatable bonds is 3. The average Bonchev–Trinajstić information content (AvgIpc) is 2.11. The molecule has 0 aromatic heterocycles. The average molecular weight is 232 g/mol. The molecule has 0 spiro atoms. The number of carbonyl (C=O) groups is 1. The van der Waals surface area contributed by atoms with E-state index < -0.39 is 6.04 Å². The van der Waals surface area contributed by atoms with Crippen LogP contribution in [-0.4, -0.2) is 5.78 Å². The van der Waals surface area contributed by atoms with E-state index in [1.54, 1.807) is 6.07 Å². The van der Waals surface area contributed by atoms with E-state index in [0.717, 1.165) is 0 Å². The first-order chi connectivity index (χ1) is 6.56. The molecule has 3 nitrogen and oxygen atoms in total. The molecule has 74 valence electrons. The van der Waals surface area contributed by atoms with Crippen LogP contribution in [0.2, 0.25) is 10.0 Å². The number of nitroso groups, excluding NO2 is 1. The first kappa shape index (κ1) is 11.1. The topological polar surface area (TPSA) is 46.5 Å². The third kappa shape index (κ3) is 2.30. The van der Waals surface area contributed by atoms with E-state index in [4.69, 9.17) is 23.2 Å². The molecule has 1 aromatic carbocycles. The van der Waals surface area contributed by atoms with Crippen LogP contribution >= 0.6 is 23.2 Å². The molecule has 14 heavy (non-hydrogen) atoms. The van der Waals surface area contributed by atoms with Crippen molar-refractivity contribution in [2.75, 3.05) is 0 Å². The molecule has 1 unspecified atom stereocenters. The van der Waals surface area contributed by atoms with Gasteiger partial charge in [-0.25, -0.2) is 0 Å². The van der Waals surface area contributed by atoms with Gasteiger partial charge in [0.25, 0.3) is 0 Å². The predicted molar refractivity (Wildman–Crippen MR) is 55.7 cm³/mol. The van der Waals surface area contributed by atoms with Crippen LogP contribution in [0.5, 0.6) is 0 Å². The van der Waals surface area contributed by atoms with Crippen molar-refractivity contribution >= 4 is 29.0 Å². The summed E-state index contributed by atoms with van der Waals surface area (Å²) in [7, 11) is 0. The number of ketones is 1. The van der Waals surface area contributed by atoms with E-state index in [1.807, 2.05) is 0 Å². The van der Waals surface area contributed by atoms with Gasteiger partial charge in [-0.2, -0.15) is 0 Å². The monoisotopic (exact) mass is 231 g/mol. The third-order valence-electron chi connectivity index (χ3n) is 1.75. The van der Waals surface area contributed by atoms with Crippen LogP contribution < -0.4 is 0 Å². The lowest BCUT2D eigenvalue weighted by Crippen LogP contribution is -2.05. The molecule has 0 aliphatic carbocycles. The van der Waals surface area contributed by atoms with Gasteiger partial charge < -0.3 is 0 Å². The van der Waals surface area contributed by atoms with Crippen LogP contribution in [0.1, 0.15) is 18.5 Å². The van der Waals surface area contributed by atoms with Crippen LogP contribution in [-0.2, 0) is 4.79 Å². The van der Waals surface area contributed by atoms with Crippen molar-refractivity contribution < 1.29 is 4.79 Å². The second kappa shape index (κ2) is 4.53. The fraction of sp³-hybridized carbons (Fsp3) is 0.222. The van der Waals surface area contributed by atoms with Crippen LogP contribution in [0.15, 0.2) is 23.4 Å². The van der Waals surface area contributed by atoms with Gasteiger partial charge in [-0.15, -0.1) is 4.91 Å². The maximum absolute atomic E-state index is 11.0. The Labute approximate surface area is 91.0 Å². The summed E-state index contributed by atoms with van der Waals surface area (Å²) in [6.45, 7) is 1.30. The molecule has 0 heterocycles. The number of carbonyl (C=O) groups excluding carboxylic acids is 1. The lowest BCUT2D eigenvalue weighted by molar-refractivity contribution is -0.118. The molecule has 0 aliphatic heterocycles. The number of halogens is 2. The largest absolute Gasteiger partial charge is 0.297 e. The lowest BCUT2D eigenvalue weighted by atomic mass is 10.1. The fourth-order valence-electron chi connectivity index (χ4n) is 1.05. The van der Waals surface area contributed by atoms with E-state index >= 15 is 0 Å². The summed E-state index contributed by atoms with van der Waals surface area (Å²) in [5.41, 5.74) is 0.460. The van der Waals surface area contributed by atoms with Crippen molar-refractivity contribution in [3.8, 4) is 0 Å². The number of Topliss-reactive ketones (excluding diaryl/α,β-unsaturated/α-hetero) is 1. The number of hydrogen-bond donors (Lipinski definition) is 0. The molecular formula is C9H7Cl2NO2. The standard InChI is InChI=1S/C9H7Cl2NO2/c1-5(13)9(12-14)6-2-3-7(10)8(11)4-6/h2-4,9H,1H3. The smallest absolute Gasteiger partial charge is 0.175 e. The Hall–Kier alpha value is -0.930. The normalized spacial score (nSPS) is 12.2. The molecular weight excluding hydrogens is 225 g/mol. The Bertz CT molecular complexity index is 379. The summed E-state index contributed by atoms with van der Waals surface area (Å²) in [5, 5.41) is 3.41. The first-order valence-corrected chi connectivity index (χ1v) is 4.59. The zero-order chi connectivity index (χ0) is 10.7. The summed E-state index contributed by atoms with van der Waals surface area (Å²) >= 11 is 11.4. The summed E-state index contributed by atoms with van der Waals surface area (Å²) < 4.78 is 0. The maximum Gasteiger partial charge on any atom is 0.175 e. The number of hydrogen-bond acceptors (Lipinski definition) is 3. The highest BCUT2D eigenvalue weighted by molar-refractivity contribution is 6.42. The minimum Gasteiger partial charge on any atom is -0.297 e. The Kier molecular flexibility index (Phi) is 3.61. The van der Waals surface area contributed by atoms with Crippen molar-refractivity contribution in [1.82, 2.24) is 0 Å². The molecule has 1 atom stereocenters. The van der Waals surface area contributed by atoms with Gasteiger partial charge in [-0.1, -0.05) is 34.4 Å². The number of benzene rings is 1. The van der Waals surface area contributed by atoms with Gasteiger partial charge in [0, 0.05) is 0 Å². The summed E-state index contributed by atoms with van der Waals surface area (Å²) in [6, 6.07) is 3.56. The van der Waals surface area contributed by atoms with Crippen molar-refractivity contribution in [1.29, 1.82) is 0 Å². The van der Waals surface area contributed by atoms with E-state index in [2.05, 4.69) is 5.18 Å². The van der Waals surface area contributed by atoms with Gasteiger partial charge in [0.1, 0.15) is 0 Å². The molecule has 5 heteroatoms. The van der Waals surface area contributed by atoms with Crippen LogP contribution in [0.4, 0.5) is 0 Å². The molecule has 0 aliphatic rings. The minimum absolute atomic E-state index is 0.305. The second-order valence-electron chi connectivity index (χ2n) is 2.79. The van der Waals surface area contributed by atoms with E-state index in [1.165, 1.54) is 19.1 Å². The minimum atomic E-state index is -0.996.